The van der Waals surface area contributed by atoms with E-state index in [1.54, 1.807) is 30.5 Å². The van der Waals surface area contributed by atoms with Gasteiger partial charge in [-0.1, -0.05) is 11.6 Å². The number of methoxy groups -OCH3 is 1. The second-order valence-electron chi connectivity index (χ2n) is 6.56. The number of aromatic nitrogens is 2. The SMILES string of the molecule is COc1cc(Cl)c(C)cc1NC(=O)C(C)OC(=O)CCn1cnc2sccc2c1=O. The average Bonchev–Trinajstić information content (AvgIpc) is 3.19. The van der Waals surface area contributed by atoms with E-state index in [-0.39, 0.29) is 18.5 Å². The molecule has 8 nitrogen and oxygen atoms in total. The van der Waals surface area contributed by atoms with E-state index in [0.717, 1.165) is 5.56 Å². The standard InChI is InChI=1S/C20H20ClN3O5S/c1-11-8-15(16(28-3)9-14(11)21)23-18(26)12(2)29-17(25)4-6-24-10-22-19-13(20(24)27)5-7-30-19/h5,7-10,12H,4,6H2,1-3H3,(H,23,26). The Morgan fingerprint density at radius 2 is 2.13 bits per heavy atom. The number of fused-ring (bicyclic) bond motifs is 1. The fourth-order valence-corrected chi connectivity index (χ4v) is 3.62. The molecule has 1 atom stereocenters. The van der Waals surface area contributed by atoms with Gasteiger partial charge in [0.1, 0.15) is 10.6 Å². The number of rotatable bonds is 7. The molecule has 10 heteroatoms. The maximum Gasteiger partial charge on any atom is 0.308 e. The zero-order valence-corrected chi connectivity index (χ0v) is 18.2. The zero-order valence-electron chi connectivity index (χ0n) is 16.6. The van der Waals surface area contributed by atoms with E-state index in [0.29, 0.717) is 26.7 Å². The maximum absolute atomic E-state index is 12.4. The van der Waals surface area contributed by atoms with Gasteiger partial charge in [0, 0.05) is 17.6 Å². The smallest absolute Gasteiger partial charge is 0.308 e. The monoisotopic (exact) mass is 449 g/mol. The molecule has 2 aromatic heterocycles. The van der Waals surface area contributed by atoms with E-state index in [1.807, 2.05) is 0 Å². The van der Waals surface area contributed by atoms with Crippen LogP contribution in [0.2, 0.25) is 5.02 Å². The van der Waals surface area contributed by atoms with Gasteiger partial charge in [0.15, 0.2) is 6.10 Å². The van der Waals surface area contributed by atoms with Crippen LogP contribution in [0, 0.1) is 6.92 Å². The highest BCUT2D eigenvalue weighted by molar-refractivity contribution is 7.16. The molecule has 1 N–H and O–H groups in total. The predicted octanol–water partition coefficient (Wildman–Crippen LogP) is 3.39. The van der Waals surface area contributed by atoms with Gasteiger partial charge in [-0.25, -0.2) is 4.98 Å². The van der Waals surface area contributed by atoms with Crippen LogP contribution >= 0.6 is 22.9 Å². The fraction of sp³-hybridized carbons (Fsp3) is 0.300. The van der Waals surface area contributed by atoms with Gasteiger partial charge in [-0.3, -0.25) is 19.0 Å². The molecule has 0 aliphatic rings. The van der Waals surface area contributed by atoms with Crippen LogP contribution in [0.3, 0.4) is 0 Å². The van der Waals surface area contributed by atoms with Crippen LogP contribution in [0.25, 0.3) is 10.2 Å². The van der Waals surface area contributed by atoms with E-state index in [9.17, 15) is 14.4 Å². The third-order valence-electron chi connectivity index (χ3n) is 4.42. The summed E-state index contributed by atoms with van der Waals surface area (Å²) in [5, 5.41) is 5.48. The van der Waals surface area contributed by atoms with E-state index in [1.165, 1.54) is 36.3 Å². The number of benzene rings is 1. The molecule has 30 heavy (non-hydrogen) atoms. The Morgan fingerprint density at radius 3 is 2.87 bits per heavy atom. The molecule has 1 unspecified atom stereocenters. The van der Waals surface area contributed by atoms with Crippen molar-refractivity contribution in [3.05, 3.63) is 50.8 Å². The number of aryl methyl sites for hydroxylation is 2. The number of halogens is 1. The molecule has 0 saturated carbocycles. The zero-order chi connectivity index (χ0) is 21.8. The molecule has 0 radical (unpaired) electrons. The van der Waals surface area contributed by atoms with Crippen LogP contribution in [0.1, 0.15) is 18.9 Å². The minimum absolute atomic E-state index is 0.0712. The number of carbonyl (C=O) groups is 2. The minimum Gasteiger partial charge on any atom is -0.495 e. The number of anilines is 1. The largest absolute Gasteiger partial charge is 0.495 e. The van der Waals surface area contributed by atoms with Gasteiger partial charge in [0.05, 0.1) is 30.9 Å². The molecular formula is C20H20ClN3O5S. The molecular weight excluding hydrogens is 430 g/mol. The van der Waals surface area contributed by atoms with Crippen molar-refractivity contribution in [2.75, 3.05) is 12.4 Å². The number of hydrogen-bond acceptors (Lipinski definition) is 7. The summed E-state index contributed by atoms with van der Waals surface area (Å²) in [6, 6.07) is 4.97. The molecule has 0 spiro atoms. The molecule has 0 aliphatic carbocycles. The summed E-state index contributed by atoms with van der Waals surface area (Å²) in [4.78, 5) is 41.7. The first-order valence-corrected chi connectivity index (χ1v) is 10.3. The Balaban J connectivity index is 1.58. The van der Waals surface area contributed by atoms with Crippen molar-refractivity contribution in [3.8, 4) is 5.75 Å². The predicted molar refractivity (Wildman–Crippen MR) is 115 cm³/mol. The Bertz CT molecular complexity index is 1160. The summed E-state index contributed by atoms with van der Waals surface area (Å²) < 4.78 is 11.8. The number of thiophene rings is 1. The second kappa shape index (κ2) is 9.27. The van der Waals surface area contributed by atoms with Crippen LogP contribution in [-0.4, -0.2) is 34.6 Å². The average molecular weight is 450 g/mol. The van der Waals surface area contributed by atoms with Crippen molar-refractivity contribution in [2.24, 2.45) is 0 Å². The van der Waals surface area contributed by atoms with Crippen LogP contribution in [-0.2, 0) is 20.9 Å². The number of ether oxygens (including phenoxy) is 2. The number of esters is 1. The van der Waals surface area contributed by atoms with Crippen molar-refractivity contribution in [1.29, 1.82) is 0 Å². The number of hydrogen-bond donors (Lipinski definition) is 1. The summed E-state index contributed by atoms with van der Waals surface area (Å²) in [5.74, 6) is -0.718. The molecule has 0 aliphatic heterocycles. The van der Waals surface area contributed by atoms with Crippen molar-refractivity contribution in [1.82, 2.24) is 9.55 Å². The van der Waals surface area contributed by atoms with Crippen LogP contribution < -0.4 is 15.6 Å². The second-order valence-corrected chi connectivity index (χ2v) is 7.86. The Kier molecular flexibility index (Phi) is 6.73. The molecule has 3 rings (SSSR count). The molecule has 0 bridgehead atoms. The summed E-state index contributed by atoms with van der Waals surface area (Å²) in [5.41, 5.74) is 0.970. The molecule has 1 aromatic carbocycles. The van der Waals surface area contributed by atoms with E-state index in [2.05, 4.69) is 10.3 Å². The van der Waals surface area contributed by atoms with Crippen molar-refractivity contribution >= 4 is 50.7 Å². The quantitative estimate of drug-likeness (QED) is 0.555. The summed E-state index contributed by atoms with van der Waals surface area (Å²) >= 11 is 7.44. The molecule has 0 fully saturated rings. The summed E-state index contributed by atoms with van der Waals surface area (Å²) in [7, 11) is 1.46. The highest BCUT2D eigenvalue weighted by Gasteiger charge is 2.20. The highest BCUT2D eigenvalue weighted by atomic mass is 35.5. The number of amides is 1. The van der Waals surface area contributed by atoms with E-state index < -0.39 is 18.0 Å². The third-order valence-corrected chi connectivity index (χ3v) is 5.65. The molecule has 2 heterocycles. The van der Waals surface area contributed by atoms with Crippen LogP contribution in [0.5, 0.6) is 5.75 Å². The first-order valence-electron chi connectivity index (χ1n) is 9.07. The lowest BCUT2D eigenvalue weighted by molar-refractivity contribution is -0.153. The number of nitrogens with one attached hydrogen (secondary N) is 1. The summed E-state index contributed by atoms with van der Waals surface area (Å²) in [6.07, 6.45) is 0.296. The molecule has 0 saturated heterocycles. The van der Waals surface area contributed by atoms with Gasteiger partial charge >= 0.3 is 5.97 Å². The molecule has 158 valence electrons. The van der Waals surface area contributed by atoms with Gasteiger partial charge in [0.25, 0.3) is 11.5 Å². The first-order chi connectivity index (χ1) is 14.3. The lowest BCUT2D eigenvalue weighted by atomic mass is 10.2. The van der Waals surface area contributed by atoms with Gasteiger partial charge in [-0.15, -0.1) is 11.3 Å². The Labute approximate surface area is 181 Å². The topological polar surface area (TPSA) is 99.5 Å². The van der Waals surface area contributed by atoms with E-state index >= 15 is 0 Å². The van der Waals surface area contributed by atoms with Crippen molar-refractivity contribution in [2.45, 2.75) is 32.9 Å². The highest BCUT2D eigenvalue weighted by Crippen LogP contribution is 2.31. The summed E-state index contributed by atoms with van der Waals surface area (Å²) in [6.45, 7) is 3.37. The van der Waals surface area contributed by atoms with Crippen molar-refractivity contribution < 1.29 is 19.1 Å². The van der Waals surface area contributed by atoms with Gasteiger partial charge in [0.2, 0.25) is 0 Å². The van der Waals surface area contributed by atoms with Gasteiger partial charge in [-0.2, -0.15) is 0 Å². The lowest BCUT2D eigenvalue weighted by Gasteiger charge is -2.16. The lowest BCUT2D eigenvalue weighted by Crippen LogP contribution is -2.31. The minimum atomic E-state index is -1.03. The third kappa shape index (κ3) is 4.80. The van der Waals surface area contributed by atoms with E-state index in [4.69, 9.17) is 21.1 Å². The Morgan fingerprint density at radius 1 is 1.37 bits per heavy atom. The van der Waals surface area contributed by atoms with Crippen molar-refractivity contribution in [3.63, 3.8) is 0 Å². The molecule has 3 aromatic rings. The van der Waals surface area contributed by atoms with Crippen LogP contribution in [0.4, 0.5) is 5.69 Å². The number of nitrogens with zero attached hydrogens (tertiary/aromatic N) is 2. The first kappa shape index (κ1) is 21.8. The van der Waals surface area contributed by atoms with Gasteiger partial charge < -0.3 is 14.8 Å². The van der Waals surface area contributed by atoms with Crippen LogP contribution in [0.15, 0.2) is 34.7 Å². The molecule has 1 amide bonds. The fourth-order valence-electron chi connectivity index (χ4n) is 2.74. The Hall–Kier alpha value is -2.91. The van der Waals surface area contributed by atoms with Gasteiger partial charge in [-0.05, 0) is 36.9 Å². The number of carbonyl (C=O) groups excluding carboxylic acids is 2. The normalized spacial score (nSPS) is 11.9. The maximum atomic E-state index is 12.4.